The highest BCUT2D eigenvalue weighted by molar-refractivity contribution is 7.98. The van der Waals surface area contributed by atoms with Crippen molar-refractivity contribution in [3.63, 3.8) is 0 Å². The Balaban J connectivity index is 1.15. The van der Waals surface area contributed by atoms with Gasteiger partial charge in [-0.3, -0.25) is 9.69 Å². The molecule has 2 aromatic heterocycles. The summed E-state index contributed by atoms with van der Waals surface area (Å²) in [5, 5.41) is 3.64. The molecule has 196 valence electrons. The van der Waals surface area contributed by atoms with E-state index in [0.29, 0.717) is 18.1 Å². The number of anilines is 1. The third-order valence-electron chi connectivity index (χ3n) is 6.80. The van der Waals surface area contributed by atoms with Crippen molar-refractivity contribution in [1.82, 2.24) is 20.2 Å². The van der Waals surface area contributed by atoms with Gasteiger partial charge in [-0.25, -0.2) is 9.97 Å². The number of aryl methyl sites for hydroxylation is 1. The summed E-state index contributed by atoms with van der Waals surface area (Å²) in [6.07, 6.45) is 3.00. The second kappa shape index (κ2) is 12.6. The summed E-state index contributed by atoms with van der Waals surface area (Å²) in [5.74, 6) is 2.41. The van der Waals surface area contributed by atoms with Crippen molar-refractivity contribution in [2.45, 2.75) is 49.7 Å². The Morgan fingerprint density at radius 1 is 1.11 bits per heavy atom. The van der Waals surface area contributed by atoms with E-state index in [1.165, 1.54) is 17.3 Å². The lowest BCUT2D eigenvalue weighted by Gasteiger charge is -2.35. The zero-order valence-corrected chi connectivity index (χ0v) is 22.2. The average Bonchev–Trinajstić information content (AvgIpc) is 3.64. The van der Waals surface area contributed by atoms with E-state index in [1.807, 2.05) is 6.07 Å². The summed E-state index contributed by atoms with van der Waals surface area (Å²) in [5.41, 5.74) is 2.39. The highest BCUT2D eigenvalue weighted by Gasteiger charge is 2.21. The number of furan rings is 1. The molecular weight excluding hydrogens is 486 g/mol. The lowest BCUT2D eigenvalue weighted by Crippen LogP contribution is -2.46. The molecule has 1 aromatic carbocycles. The molecule has 0 radical (unpaired) electrons. The van der Waals surface area contributed by atoms with Crippen LogP contribution in [0.3, 0.4) is 0 Å². The fourth-order valence-electron chi connectivity index (χ4n) is 4.66. The molecule has 8 nitrogen and oxygen atoms in total. The highest BCUT2D eigenvalue weighted by Crippen LogP contribution is 2.25. The van der Waals surface area contributed by atoms with Crippen molar-refractivity contribution in [2.24, 2.45) is 0 Å². The number of nitrogens with one attached hydrogen (secondary N) is 1. The second-order valence-electron chi connectivity index (χ2n) is 9.50. The first-order valence-corrected chi connectivity index (χ1v) is 14.2. The van der Waals surface area contributed by atoms with Crippen LogP contribution in [-0.4, -0.2) is 66.2 Å². The molecule has 37 heavy (non-hydrogen) atoms. The van der Waals surface area contributed by atoms with Gasteiger partial charge in [0.05, 0.1) is 11.9 Å². The van der Waals surface area contributed by atoms with Gasteiger partial charge in [-0.1, -0.05) is 49.0 Å². The summed E-state index contributed by atoms with van der Waals surface area (Å²) < 4.78 is 11.4. The number of rotatable bonds is 10. The second-order valence-corrected chi connectivity index (χ2v) is 10.4. The first kappa shape index (κ1) is 25.8. The summed E-state index contributed by atoms with van der Waals surface area (Å²) in [4.78, 5) is 26.9. The number of ether oxygens (including phenoxy) is 1. The van der Waals surface area contributed by atoms with Gasteiger partial charge in [0.2, 0.25) is 0 Å². The van der Waals surface area contributed by atoms with Gasteiger partial charge in [0.15, 0.2) is 10.9 Å². The van der Waals surface area contributed by atoms with Crippen molar-refractivity contribution in [1.29, 1.82) is 0 Å². The van der Waals surface area contributed by atoms with Crippen molar-refractivity contribution in [2.75, 3.05) is 44.2 Å². The van der Waals surface area contributed by atoms with Crippen LogP contribution in [-0.2, 0) is 23.5 Å². The molecule has 0 spiro atoms. The minimum Gasteiger partial charge on any atom is -0.455 e. The van der Waals surface area contributed by atoms with Gasteiger partial charge in [-0.05, 0) is 37.0 Å². The third kappa shape index (κ3) is 7.12. The summed E-state index contributed by atoms with van der Waals surface area (Å²) in [6, 6.07) is 16.3. The van der Waals surface area contributed by atoms with Crippen LogP contribution in [0.1, 0.15) is 47.3 Å². The molecule has 1 atom stereocenters. The molecule has 2 fully saturated rings. The van der Waals surface area contributed by atoms with Gasteiger partial charge in [0.1, 0.15) is 11.6 Å². The molecule has 1 unspecified atom stereocenters. The third-order valence-corrected chi connectivity index (χ3v) is 7.67. The Labute approximate surface area is 222 Å². The fraction of sp³-hybridized carbons (Fsp3) is 0.464. The molecule has 4 heterocycles. The Kier molecular flexibility index (Phi) is 8.76. The van der Waals surface area contributed by atoms with Gasteiger partial charge in [-0.2, -0.15) is 0 Å². The molecule has 5 rings (SSSR count). The van der Waals surface area contributed by atoms with E-state index in [0.717, 1.165) is 81.0 Å². The van der Waals surface area contributed by atoms with Crippen molar-refractivity contribution >= 4 is 23.5 Å². The number of hydrogen-bond acceptors (Lipinski definition) is 8. The van der Waals surface area contributed by atoms with Crippen LogP contribution in [0.4, 0.5) is 5.82 Å². The predicted octanol–water partition coefficient (Wildman–Crippen LogP) is 4.16. The topological polar surface area (TPSA) is 83.7 Å². The molecular formula is C28H35N5O3S. The number of nitrogens with zero attached hydrogens (tertiary/aromatic N) is 4. The smallest absolute Gasteiger partial charge is 0.287 e. The van der Waals surface area contributed by atoms with Crippen LogP contribution in [0.5, 0.6) is 0 Å². The summed E-state index contributed by atoms with van der Waals surface area (Å²) in [6.45, 7) is 8.30. The first-order chi connectivity index (χ1) is 18.2. The Morgan fingerprint density at radius 3 is 2.70 bits per heavy atom. The molecule has 1 N–H and O–H groups in total. The predicted molar refractivity (Wildman–Crippen MR) is 145 cm³/mol. The van der Waals surface area contributed by atoms with Crippen LogP contribution in [0, 0.1) is 0 Å². The normalized spacial score (nSPS) is 18.3. The zero-order chi connectivity index (χ0) is 25.5. The van der Waals surface area contributed by atoms with E-state index in [9.17, 15) is 4.79 Å². The highest BCUT2D eigenvalue weighted by atomic mass is 32.2. The SMILES string of the molecule is CCc1cc(N2CCN(Cc3ccccc3)CC2)nc(SCc2ccc(C(=O)NCC3CCCO3)o2)n1. The van der Waals surface area contributed by atoms with Gasteiger partial charge in [0, 0.05) is 57.6 Å². The van der Waals surface area contributed by atoms with Gasteiger partial charge in [0.25, 0.3) is 5.91 Å². The molecule has 1 amide bonds. The molecule has 9 heteroatoms. The lowest BCUT2D eigenvalue weighted by molar-refractivity contribution is 0.0834. The quantitative estimate of drug-likeness (QED) is 0.315. The number of benzene rings is 1. The standard InChI is InChI=1S/C28H35N5O3S/c1-2-22-17-26(33-14-12-32(13-15-33)19-21-7-4-3-5-8-21)31-28(30-22)37-20-24-10-11-25(36-24)27(34)29-18-23-9-6-16-35-23/h3-5,7-8,10-11,17,23H,2,6,9,12-16,18-20H2,1H3,(H,29,34). The minimum absolute atomic E-state index is 0.109. The maximum atomic E-state index is 12.4. The van der Waals surface area contributed by atoms with E-state index >= 15 is 0 Å². The number of piperazine rings is 1. The lowest BCUT2D eigenvalue weighted by atomic mass is 10.2. The largest absolute Gasteiger partial charge is 0.455 e. The Morgan fingerprint density at radius 2 is 1.95 bits per heavy atom. The fourth-order valence-corrected chi connectivity index (χ4v) is 5.42. The Bertz CT molecular complexity index is 1160. The van der Waals surface area contributed by atoms with Gasteiger partial charge < -0.3 is 19.4 Å². The van der Waals surface area contributed by atoms with Gasteiger partial charge >= 0.3 is 0 Å². The van der Waals surface area contributed by atoms with E-state index in [1.54, 1.807) is 6.07 Å². The number of hydrogen-bond donors (Lipinski definition) is 1. The number of thioether (sulfide) groups is 1. The van der Waals surface area contributed by atoms with E-state index in [2.05, 4.69) is 58.4 Å². The molecule has 2 aliphatic rings. The first-order valence-electron chi connectivity index (χ1n) is 13.2. The van der Waals surface area contributed by atoms with Crippen molar-refractivity contribution in [3.8, 4) is 0 Å². The van der Waals surface area contributed by atoms with Crippen LogP contribution in [0.25, 0.3) is 0 Å². The molecule has 0 aliphatic carbocycles. The summed E-state index contributed by atoms with van der Waals surface area (Å²) >= 11 is 1.54. The zero-order valence-electron chi connectivity index (χ0n) is 21.4. The number of amides is 1. The molecule has 3 aromatic rings. The molecule has 0 saturated carbocycles. The number of carbonyl (C=O) groups is 1. The summed E-state index contributed by atoms with van der Waals surface area (Å²) in [7, 11) is 0. The van der Waals surface area contributed by atoms with Crippen LogP contribution in [0.15, 0.2) is 58.1 Å². The van der Waals surface area contributed by atoms with Gasteiger partial charge in [-0.15, -0.1) is 0 Å². The van der Waals surface area contributed by atoms with Crippen molar-refractivity contribution < 1.29 is 13.9 Å². The van der Waals surface area contributed by atoms with Crippen LogP contribution >= 0.6 is 11.8 Å². The average molecular weight is 522 g/mol. The van der Waals surface area contributed by atoms with Crippen molar-refractivity contribution in [3.05, 3.63) is 71.3 Å². The van der Waals surface area contributed by atoms with Crippen LogP contribution in [0.2, 0.25) is 0 Å². The maximum absolute atomic E-state index is 12.4. The van der Waals surface area contributed by atoms with E-state index < -0.39 is 0 Å². The molecule has 0 bridgehead atoms. The number of carbonyl (C=O) groups excluding carboxylic acids is 1. The minimum atomic E-state index is -0.204. The molecule has 2 saturated heterocycles. The molecule has 2 aliphatic heterocycles. The maximum Gasteiger partial charge on any atom is 0.287 e. The monoisotopic (exact) mass is 521 g/mol. The van der Waals surface area contributed by atoms with Crippen LogP contribution < -0.4 is 10.2 Å². The van der Waals surface area contributed by atoms with E-state index in [4.69, 9.17) is 19.1 Å². The number of aromatic nitrogens is 2. The Hall–Kier alpha value is -2.88. The van der Waals surface area contributed by atoms with E-state index in [-0.39, 0.29) is 12.0 Å².